The predicted molar refractivity (Wildman–Crippen MR) is 77.3 cm³/mol. The fraction of sp³-hybridized carbons (Fsp3) is 0.538. The Morgan fingerprint density at radius 1 is 1.47 bits per heavy atom. The van der Waals surface area contributed by atoms with Gasteiger partial charge in [0.05, 0.1) is 17.6 Å². The van der Waals surface area contributed by atoms with Gasteiger partial charge >= 0.3 is 0 Å². The number of nitrogens with one attached hydrogen (secondary N) is 1. The lowest BCUT2D eigenvalue weighted by molar-refractivity contribution is 0.484. The van der Waals surface area contributed by atoms with Gasteiger partial charge in [0.15, 0.2) is 0 Å². The van der Waals surface area contributed by atoms with Gasteiger partial charge in [-0.15, -0.1) is 0 Å². The highest BCUT2D eigenvalue weighted by Crippen LogP contribution is 2.14. The number of nitrogens with two attached hydrogens (primary N) is 1. The van der Waals surface area contributed by atoms with Crippen LogP contribution in [0.1, 0.15) is 39.3 Å². The van der Waals surface area contributed by atoms with Gasteiger partial charge in [-0.2, -0.15) is 0 Å². The van der Waals surface area contributed by atoms with Crippen LogP contribution in [0.25, 0.3) is 0 Å². The molecule has 0 aromatic carbocycles. The number of pyridine rings is 1. The third kappa shape index (κ3) is 4.69. The van der Waals surface area contributed by atoms with Crippen LogP contribution in [-0.2, 0) is 0 Å². The van der Waals surface area contributed by atoms with Gasteiger partial charge < -0.3 is 11.1 Å². The van der Waals surface area contributed by atoms with Gasteiger partial charge in [0.2, 0.25) is 0 Å². The molecule has 1 heterocycles. The zero-order chi connectivity index (χ0) is 12.8. The van der Waals surface area contributed by atoms with E-state index in [9.17, 15) is 0 Å². The molecule has 4 heteroatoms. The van der Waals surface area contributed by atoms with Crippen LogP contribution in [0.5, 0.6) is 0 Å². The highest BCUT2D eigenvalue weighted by atomic mass is 32.1. The third-order valence-corrected chi connectivity index (χ3v) is 3.09. The van der Waals surface area contributed by atoms with Gasteiger partial charge in [0, 0.05) is 6.04 Å². The van der Waals surface area contributed by atoms with E-state index in [1.807, 2.05) is 12.1 Å². The molecule has 2 unspecified atom stereocenters. The van der Waals surface area contributed by atoms with Crippen molar-refractivity contribution in [1.29, 1.82) is 0 Å². The third-order valence-electron chi connectivity index (χ3n) is 2.88. The summed E-state index contributed by atoms with van der Waals surface area (Å²) < 4.78 is 0. The number of hydrogen-bond acceptors (Lipinski definition) is 3. The van der Waals surface area contributed by atoms with Crippen LogP contribution >= 0.6 is 12.2 Å². The van der Waals surface area contributed by atoms with Crippen molar-refractivity contribution in [3.8, 4) is 0 Å². The first-order chi connectivity index (χ1) is 8.02. The number of nitrogens with zero attached hydrogens (tertiary/aromatic N) is 1. The number of anilines is 1. The maximum atomic E-state index is 5.50. The molecule has 0 spiro atoms. The van der Waals surface area contributed by atoms with Gasteiger partial charge in [-0.3, -0.25) is 4.98 Å². The molecule has 3 N–H and O–H groups in total. The SMILES string of the molecule is CCC(C)CC(C)Nc1ccc(C(N)=S)nc1. The zero-order valence-electron chi connectivity index (χ0n) is 10.7. The van der Waals surface area contributed by atoms with Crippen LogP contribution in [0, 0.1) is 5.92 Å². The summed E-state index contributed by atoms with van der Waals surface area (Å²) in [5, 5.41) is 3.43. The Hall–Kier alpha value is -1.16. The van der Waals surface area contributed by atoms with Crippen LogP contribution in [0.15, 0.2) is 18.3 Å². The van der Waals surface area contributed by atoms with Crippen molar-refractivity contribution in [2.75, 3.05) is 5.32 Å². The van der Waals surface area contributed by atoms with Crippen LogP contribution in [0.4, 0.5) is 5.69 Å². The largest absolute Gasteiger partial charge is 0.388 e. The summed E-state index contributed by atoms with van der Waals surface area (Å²) in [6.07, 6.45) is 4.15. The summed E-state index contributed by atoms with van der Waals surface area (Å²) in [7, 11) is 0. The Labute approximate surface area is 109 Å². The predicted octanol–water partition coefficient (Wildman–Crippen LogP) is 2.95. The molecule has 3 nitrogen and oxygen atoms in total. The molecule has 17 heavy (non-hydrogen) atoms. The fourth-order valence-corrected chi connectivity index (χ4v) is 1.86. The Morgan fingerprint density at radius 2 is 2.18 bits per heavy atom. The second-order valence-electron chi connectivity index (χ2n) is 4.59. The lowest BCUT2D eigenvalue weighted by Gasteiger charge is -2.18. The van der Waals surface area contributed by atoms with Gasteiger partial charge in [-0.1, -0.05) is 32.5 Å². The van der Waals surface area contributed by atoms with Crippen LogP contribution < -0.4 is 11.1 Å². The average Bonchev–Trinajstić information content (AvgIpc) is 2.29. The Bertz CT molecular complexity index is 361. The highest BCUT2D eigenvalue weighted by molar-refractivity contribution is 7.80. The summed E-state index contributed by atoms with van der Waals surface area (Å²) in [4.78, 5) is 4.54. The number of hydrogen-bond donors (Lipinski definition) is 2. The van der Waals surface area contributed by atoms with Crippen molar-refractivity contribution < 1.29 is 0 Å². The van der Waals surface area contributed by atoms with E-state index in [1.54, 1.807) is 6.20 Å². The Kier molecular flexibility index (Phi) is 5.35. The molecule has 0 fully saturated rings. The van der Waals surface area contributed by atoms with E-state index >= 15 is 0 Å². The molecule has 0 radical (unpaired) electrons. The summed E-state index contributed by atoms with van der Waals surface area (Å²) in [6, 6.07) is 4.26. The highest BCUT2D eigenvalue weighted by Gasteiger charge is 2.07. The first-order valence-electron chi connectivity index (χ1n) is 6.05. The maximum Gasteiger partial charge on any atom is 0.122 e. The van der Waals surface area contributed by atoms with E-state index < -0.39 is 0 Å². The fourth-order valence-electron chi connectivity index (χ4n) is 1.74. The molecule has 0 aliphatic rings. The standard InChI is InChI=1S/C13H21N3S/c1-4-9(2)7-10(3)16-11-5-6-12(13(14)17)15-8-11/h5-6,8-10,16H,4,7H2,1-3H3,(H2,14,17). The molecule has 0 aliphatic carbocycles. The lowest BCUT2D eigenvalue weighted by atomic mass is 10.0. The first-order valence-corrected chi connectivity index (χ1v) is 6.46. The van der Waals surface area contributed by atoms with E-state index in [1.165, 1.54) is 6.42 Å². The molecule has 0 bridgehead atoms. The topological polar surface area (TPSA) is 50.9 Å². The molecule has 0 aliphatic heterocycles. The van der Waals surface area contributed by atoms with E-state index in [-0.39, 0.29) is 0 Å². The van der Waals surface area contributed by atoms with Crippen molar-refractivity contribution in [3.63, 3.8) is 0 Å². The lowest BCUT2D eigenvalue weighted by Crippen LogP contribution is -2.18. The normalized spacial score (nSPS) is 14.1. The monoisotopic (exact) mass is 251 g/mol. The van der Waals surface area contributed by atoms with Gasteiger partial charge in [0.25, 0.3) is 0 Å². The minimum absolute atomic E-state index is 0.337. The minimum atomic E-state index is 0.337. The summed E-state index contributed by atoms with van der Waals surface area (Å²) in [5.74, 6) is 0.737. The molecule has 0 saturated heterocycles. The first kappa shape index (κ1) is 13.9. The molecule has 94 valence electrons. The molecular weight excluding hydrogens is 230 g/mol. The van der Waals surface area contributed by atoms with Crippen molar-refractivity contribution in [2.45, 2.75) is 39.7 Å². The molecule has 0 amide bonds. The smallest absolute Gasteiger partial charge is 0.122 e. The van der Waals surface area contributed by atoms with Gasteiger partial charge in [-0.05, 0) is 31.4 Å². The molecule has 1 aromatic rings. The number of thiocarbonyl (C=S) groups is 1. The second-order valence-corrected chi connectivity index (χ2v) is 5.03. The van der Waals surface area contributed by atoms with Crippen molar-refractivity contribution in [2.24, 2.45) is 11.7 Å². The molecule has 1 aromatic heterocycles. The second kappa shape index (κ2) is 6.55. The Balaban J connectivity index is 2.54. The van der Waals surface area contributed by atoms with Crippen molar-refractivity contribution in [1.82, 2.24) is 4.98 Å². The van der Waals surface area contributed by atoms with Crippen LogP contribution in [0.2, 0.25) is 0 Å². The van der Waals surface area contributed by atoms with Gasteiger partial charge in [-0.25, -0.2) is 0 Å². The van der Waals surface area contributed by atoms with E-state index in [2.05, 4.69) is 31.1 Å². The average molecular weight is 251 g/mol. The van der Waals surface area contributed by atoms with Crippen molar-refractivity contribution >= 4 is 22.9 Å². The summed E-state index contributed by atoms with van der Waals surface area (Å²) in [6.45, 7) is 6.68. The summed E-state index contributed by atoms with van der Waals surface area (Å²) in [5.41, 5.74) is 7.18. The molecule has 0 saturated carbocycles. The van der Waals surface area contributed by atoms with Crippen LogP contribution in [0.3, 0.4) is 0 Å². The van der Waals surface area contributed by atoms with Crippen molar-refractivity contribution in [3.05, 3.63) is 24.0 Å². The Morgan fingerprint density at radius 3 is 2.65 bits per heavy atom. The van der Waals surface area contributed by atoms with E-state index in [0.717, 1.165) is 18.0 Å². The maximum absolute atomic E-state index is 5.50. The summed E-state index contributed by atoms with van der Waals surface area (Å²) >= 11 is 4.86. The molecule has 2 atom stereocenters. The molecular formula is C13H21N3S. The van der Waals surface area contributed by atoms with Crippen LogP contribution in [-0.4, -0.2) is 16.0 Å². The minimum Gasteiger partial charge on any atom is -0.388 e. The van der Waals surface area contributed by atoms with E-state index in [4.69, 9.17) is 18.0 Å². The quantitative estimate of drug-likeness (QED) is 0.763. The molecule has 1 rings (SSSR count). The number of rotatable bonds is 6. The number of aromatic nitrogens is 1. The zero-order valence-corrected chi connectivity index (χ0v) is 11.6. The van der Waals surface area contributed by atoms with E-state index in [0.29, 0.717) is 16.7 Å². The van der Waals surface area contributed by atoms with Gasteiger partial charge in [0.1, 0.15) is 4.99 Å².